The highest BCUT2D eigenvalue weighted by atomic mass is 32.2. The molecule has 0 radical (unpaired) electrons. The minimum absolute atomic E-state index is 0.130. The van der Waals surface area contributed by atoms with Crippen molar-refractivity contribution in [3.8, 4) is 0 Å². The van der Waals surface area contributed by atoms with Gasteiger partial charge in [-0.05, 0) is 18.6 Å². The van der Waals surface area contributed by atoms with Gasteiger partial charge in [0.2, 0.25) is 0 Å². The fourth-order valence-electron chi connectivity index (χ4n) is 3.58. The van der Waals surface area contributed by atoms with Crippen LogP contribution in [-0.4, -0.2) is 76.1 Å². The normalized spacial score (nSPS) is 25.4. The highest BCUT2D eigenvalue weighted by Gasteiger charge is 2.33. The largest absolute Gasteiger partial charge is 0.351 e. The maximum Gasteiger partial charge on any atom is 0.351 e. The second-order valence-corrected chi connectivity index (χ2v) is 8.79. The van der Waals surface area contributed by atoms with Crippen LogP contribution in [-0.2, 0) is 16.5 Å². The standard InChI is InChI=1S/C15H21N5O3S/c21-15-19-5-2-1-3-14(19)16-20(15)12-17-6-8-18(9-7-17)13-4-10-24(22,23)11-13/h1-3,5,13H,4,6-12H2. The Hall–Kier alpha value is -1.71. The molecule has 2 saturated heterocycles. The molecule has 4 heterocycles. The fourth-order valence-corrected chi connectivity index (χ4v) is 5.34. The number of fused-ring (bicyclic) bond motifs is 1. The maximum atomic E-state index is 12.3. The Balaban J connectivity index is 1.39. The van der Waals surface area contributed by atoms with E-state index in [4.69, 9.17) is 0 Å². The summed E-state index contributed by atoms with van der Waals surface area (Å²) in [5.41, 5.74) is 0.521. The summed E-state index contributed by atoms with van der Waals surface area (Å²) in [6.45, 7) is 3.77. The van der Waals surface area contributed by atoms with E-state index in [1.165, 1.54) is 4.68 Å². The molecule has 8 nitrogen and oxygen atoms in total. The van der Waals surface area contributed by atoms with Gasteiger partial charge in [0, 0.05) is 38.4 Å². The molecule has 24 heavy (non-hydrogen) atoms. The van der Waals surface area contributed by atoms with Gasteiger partial charge in [-0.3, -0.25) is 14.2 Å². The van der Waals surface area contributed by atoms with Crippen molar-refractivity contribution in [2.75, 3.05) is 37.7 Å². The van der Waals surface area contributed by atoms with Crippen LogP contribution >= 0.6 is 0 Å². The van der Waals surface area contributed by atoms with E-state index in [0.29, 0.717) is 23.8 Å². The van der Waals surface area contributed by atoms with Gasteiger partial charge in [-0.2, -0.15) is 4.68 Å². The van der Waals surface area contributed by atoms with Crippen LogP contribution in [0.2, 0.25) is 0 Å². The molecule has 1 atom stereocenters. The molecule has 2 aromatic rings. The molecule has 2 aliphatic rings. The lowest BCUT2D eigenvalue weighted by Gasteiger charge is -2.37. The fraction of sp³-hybridized carbons (Fsp3) is 0.600. The van der Waals surface area contributed by atoms with Gasteiger partial charge in [-0.15, -0.1) is 5.10 Å². The zero-order valence-electron chi connectivity index (χ0n) is 13.4. The molecule has 9 heteroatoms. The van der Waals surface area contributed by atoms with E-state index in [0.717, 1.165) is 32.6 Å². The van der Waals surface area contributed by atoms with Gasteiger partial charge >= 0.3 is 5.69 Å². The summed E-state index contributed by atoms with van der Waals surface area (Å²) in [5.74, 6) is 0.605. The quantitative estimate of drug-likeness (QED) is 0.725. The lowest BCUT2D eigenvalue weighted by atomic mass is 10.2. The highest BCUT2D eigenvalue weighted by molar-refractivity contribution is 7.91. The molecule has 4 rings (SSSR count). The third kappa shape index (κ3) is 2.99. The molecular formula is C15H21N5O3S. The minimum atomic E-state index is -2.84. The van der Waals surface area contributed by atoms with Gasteiger partial charge in [0.15, 0.2) is 15.5 Å². The van der Waals surface area contributed by atoms with Crippen LogP contribution in [0.5, 0.6) is 0 Å². The molecule has 0 saturated carbocycles. The summed E-state index contributed by atoms with van der Waals surface area (Å²) in [5, 5.41) is 4.35. The van der Waals surface area contributed by atoms with Crippen molar-refractivity contribution in [1.82, 2.24) is 24.0 Å². The van der Waals surface area contributed by atoms with Crippen molar-refractivity contribution in [2.24, 2.45) is 0 Å². The van der Waals surface area contributed by atoms with Crippen molar-refractivity contribution in [1.29, 1.82) is 0 Å². The summed E-state index contributed by atoms with van der Waals surface area (Å²) in [6, 6.07) is 5.65. The van der Waals surface area contributed by atoms with Gasteiger partial charge in [0.1, 0.15) is 0 Å². The molecule has 0 N–H and O–H groups in total. The van der Waals surface area contributed by atoms with E-state index in [-0.39, 0.29) is 11.7 Å². The van der Waals surface area contributed by atoms with E-state index in [1.807, 2.05) is 18.2 Å². The maximum absolute atomic E-state index is 12.3. The summed E-state index contributed by atoms with van der Waals surface area (Å²) in [7, 11) is -2.84. The lowest BCUT2D eigenvalue weighted by Crippen LogP contribution is -2.51. The predicted octanol–water partition coefficient (Wildman–Crippen LogP) is -0.742. The average molecular weight is 351 g/mol. The number of rotatable bonds is 3. The Kier molecular flexibility index (Phi) is 3.93. The zero-order valence-corrected chi connectivity index (χ0v) is 14.2. The van der Waals surface area contributed by atoms with Crippen molar-refractivity contribution in [3.05, 3.63) is 34.9 Å². The molecule has 0 aromatic carbocycles. The number of nitrogens with zero attached hydrogens (tertiary/aromatic N) is 5. The highest BCUT2D eigenvalue weighted by Crippen LogP contribution is 2.19. The third-order valence-electron chi connectivity index (χ3n) is 4.95. The number of pyridine rings is 1. The Morgan fingerprint density at radius 3 is 2.62 bits per heavy atom. The van der Waals surface area contributed by atoms with Crippen LogP contribution in [0.4, 0.5) is 0 Å². The van der Waals surface area contributed by atoms with Gasteiger partial charge < -0.3 is 0 Å². The van der Waals surface area contributed by atoms with Crippen LogP contribution in [0.15, 0.2) is 29.2 Å². The number of hydrogen-bond donors (Lipinski definition) is 0. The Morgan fingerprint density at radius 1 is 1.17 bits per heavy atom. The van der Waals surface area contributed by atoms with Crippen molar-refractivity contribution < 1.29 is 8.42 Å². The summed E-state index contributed by atoms with van der Waals surface area (Å²) in [4.78, 5) is 16.8. The molecule has 130 valence electrons. The van der Waals surface area contributed by atoms with Crippen LogP contribution < -0.4 is 5.69 Å². The third-order valence-corrected chi connectivity index (χ3v) is 6.70. The van der Waals surface area contributed by atoms with Crippen molar-refractivity contribution >= 4 is 15.5 Å². The molecule has 2 aliphatic heterocycles. The van der Waals surface area contributed by atoms with Crippen molar-refractivity contribution in [2.45, 2.75) is 19.1 Å². The van der Waals surface area contributed by atoms with Crippen LogP contribution in [0.25, 0.3) is 5.65 Å². The van der Waals surface area contributed by atoms with Crippen LogP contribution in [0.1, 0.15) is 6.42 Å². The smallest absolute Gasteiger partial charge is 0.297 e. The number of sulfone groups is 1. The molecule has 0 bridgehead atoms. The zero-order chi connectivity index (χ0) is 16.7. The van der Waals surface area contributed by atoms with E-state index >= 15 is 0 Å². The monoisotopic (exact) mass is 351 g/mol. The first-order chi connectivity index (χ1) is 11.5. The van der Waals surface area contributed by atoms with E-state index in [9.17, 15) is 13.2 Å². The van der Waals surface area contributed by atoms with Gasteiger partial charge in [-0.25, -0.2) is 13.2 Å². The number of aromatic nitrogens is 3. The van der Waals surface area contributed by atoms with Crippen LogP contribution in [0.3, 0.4) is 0 Å². The topological polar surface area (TPSA) is 79.9 Å². The number of piperazine rings is 1. The van der Waals surface area contributed by atoms with E-state index in [1.54, 1.807) is 10.6 Å². The van der Waals surface area contributed by atoms with Gasteiger partial charge in [0.25, 0.3) is 0 Å². The number of hydrogen-bond acceptors (Lipinski definition) is 6. The molecular weight excluding hydrogens is 330 g/mol. The second-order valence-electron chi connectivity index (χ2n) is 6.56. The first-order valence-electron chi connectivity index (χ1n) is 8.23. The van der Waals surface area contributed by atoms with Gasteiger partial charge in [-0.1, -0.05) is 6.07 Å². The lowest BCUT2D eigenvalue weighted by molar-refractivity contribution is 0.0804. The van der Waals surface area contributed by atoms with E-state index < -0.39 is 9.84 Å². The SMILES string of the molecule is O=c1n(CN2CCN(C3CCS(=O)(=O)C3)CC2)nc2ccccn12. The first kappa shape index (κ1) is 15.8. The molecule has 0 aliphatic carbocycles. The average Bonchev–Trinajstić information content (AvgIpc) is 3.09. The summed E-state index contributed by atoms with van der Waals surface area (Å²) >= 11 is 0. The molecule has 0 amide bonds. The molecule has 1 unspecified atom stereocenters. The predicted molar refractivity (Wildman–Crippen MR) is 89.7 cm³/mol. The second kappa shape index (κ2) is 5.98. The minimum Gasteiger partial charge on any atom is -0.297 e. The Labute approximate surface area is 140 Å². The van der Waals surface area contributed by atoms with E-state index in [2.05, 4.69) is 14.9 Å². The molecule has 2 fully saturated rings. The Morgan fingerprint density at radius 2 is 1.96 bits per heavy atom. The van der Waals surface area contributed by atoms with Crippen molar-refractivity contribution in [3.63, 3.8) is 0 Å². The molecule has 2 aromatic heterocycles. The Bertz CT molecular complexity index is 895. The summed E-state index contributed by atoms with van der Waals surface area (Å²) in [6.07, 6.45) is 2.47. The summed E-state index contributed by atoms with van der Waals surface area (Å²) < 4.78 is 26.3. The molecule has 0 spiro atoms. The van der Waals surface area contributed by atoms with Gasteiger partial charge in [0.05, 0.1) is 18.2 Å². The first-order valence-corrected chi connectivity index (χ1v) is 10.0. The van der Waals surface area contributed by atoms with Crippen LogP contribution in [0, 0.1) is 0 Å².